The number of hydrogen-bond donors (Lipinski definition) is 2. The molecule has 2 N–H and O–H groups in total. The van der Waals surface area contributed by atoms with Gasteiger partial charge in [0, 0.05) is 34.3 Å². The lowest BCUT2D eigenvalue weighted by Crippen LogP contribution is -2.28. The van der Waals surface area contributed by atoms with Gasteiger partial charge >= 0.3 is 0 Å². The van der Waals surface area contributed by atoms with E-state index in [1.165, 1.54) is 6.21 Å². The Kier molecular flexibility index (Phi) is 6.68. The minimum Gasteiger partial charge on any atom is -0.483 e. The molecule has 4 aromatic rings. The third-order valence-electron chi connectivity index (χ3n) is 4.94. The molecular weight excluding hydrogens is 424 g/mol. The molecule has 4 rings (SSSR count). The van der Waals surface area contributed by atoms with Crippen LogP contribution >= 0.6 is 11.6 Å². The molecular formula is C26H21ClN2O3. The highest BCUT2D eigenvalue weighted by atomic mass is 35.5. The summed E-state index contributed by atoms with van der Waals surface area (Å²) in [4.78, 5) is 12.5. The molecule has 32 heavy (non-hydrogen) atoms. The average Bonchev–Trinajstić information content (AvgIpc) is 2.82. The fourth-order valence-corrected chi connectivity index (χ4v) is 3.58. The molecule has 0 heterocycles. The molecule has 0 bridgehead atoms. The van der Waals surface area contributed by atoms with Gasteiger partial charge in [0.15, 0.2) is 6.61 Å². The summed E-state index contributed by atoms with van der Waals surface area (Å²) in [5, 5.41) is 12.7. The first-order valence-electron chi connectivity index (χ1n) is 10.1. The summed E-state index contributed by atoms with van der Waals surface area (Å²) >= 11 is 6.37. The summed E-state index contributed by atoms with van der Waals surface area (Å²) in [5.41, 5.74) is 1.48. The first-order chi connectivity index (χ1) is 15.7. The number of hydrogen-bond acceptors (Lipinski definition) is 4. The van der Waals surface area contributed by atoms with E-state index in [-0.39, 0.29) is 19.1 Å². The van der Waals surface area contributed by atoms with Gasteiger partial charge in [-0.05, 0) is 41.8 Å². The fourth-order valence-electron chi connectivity index (χ4n) is 3.35. The molecule has 0 atom stereocenters. The Balaban J connectivity index is 1.42. The Morgan fingerprint density at radius 2 is 1.62 bits per heavy atom. The highest BCUT2D eigenvalue weighted by Gasteiger charge is 2.12. The Hall–Kier alpha value is -3.83. The standard InChI is InChI=1S/C26H21ClN2O3/c27-23-11-6-12-25(32-19-7-2-1-3-8-19)22(23)16-29-26(30)17-31-24-14-13-18(15-28)20-9-4-5-10-21(20)24/h1-15,28H,16-17H2,(H,29,30). The van der Waals surface area contributed by atoms with Crippen molar-refractivity contribution in [2.75, 3.05) is 6.61 Å². The van der Waals surface area contributed by atoms with Crippen LogP contribution < -0.4 is 14.8 Å². The molecule has 0 aliphatic carbocycles. The summed E-state index contributed by atoms with van der Waals surface area (Å²) in [5.74, 6) is 1.58. The van der Waals surface area contributed by atoms with Crippen molar-refractivity contribution in [1.29, 1.82) is 5.41 Å². The Morgan fingerprint density at radius 1 is 0.875 bits per heavy atom. The van der Waals surface area contributed by atoms with Crippen LogP contribution in [-0.4, -0.2) is 18.7 Å². The molecule has 0 aromatic heterocycles. The van der Waals surface area contributed by atoms with E-state index in [0.717, 1.165) is 16.3 Å². The molecule has 0 saturated carbocycles. The van der Waals surface area contributed by atoms with Crippen molar-refractivity contribution in [3.63, 3.8) is 0 Å². The Morgan fingerprint density at radius 3 is 2.41 bits per heavy atom. The van der Waals surface area contributed by atoms with E-state index in [1.54, 1.807) is 24.3 Å². The predicted molar refractivity (Wildman–Crippen MR) is 127 cm³/mol. The number of nitrogens with one attached hydrogen (secondary N) is 2. The second-order valence-electron chi connectivity index (χ2n) is 7.04. The Bertz CT molecular complexity index is 1260. The van der Waals surface area contributed by atoms with Crippen molar-refractivity contribution in [3.8, 4) is 17.2 Å². The molecule has 6 heteroatoms. The molecule has 0 aliphatic rings. The van der Waals surface area contributed by atoms with Crippen molar-refractivity contribution in [2.24, 2.45) is 0 Å². The summed E-state index contributed by atoms with van der Waals surface area (Å²) in [6.07, 6.45) is 1.30. The second-order valence-corrected chi connectivity index (χ2v) is 7.45. The van der Waals surface area contributed by atoms with Crippen LogP contribution in [-0.2, 0) is 11.3 Å². The number of benzene rings is 4. The quantitative estimate of drug-likeness (QED) is 0.328. The maximum atomic E-state index is 12.5. The van der Waals surface area contributed by atoms with Gasteiger partial charge in [-0.2, -0.15) is 0 Å². The minimum atomic E-state index is -0.282. The third kappa shape index (κ3) is 4.90. The number of fused-ring (bicyclic) bond motifs is 1. The van der Waals surface area contributed by atoms with E-state index in [1.807, 2.05) is 60.7 Å². The first kappa shape index (κ1) is 21.4. The van der Waals surface area contributed by atoms with Crippen LogP contribution in [0, 0.1) is 5.41 Å². The molecule has 0 unspecified atom stereocenters. The fraction of sp³-hybridized carbons (Fsp3) is 0.0769. The third-order valence-corrected chi connectivity index (χ3v) is 5.30. The molecule has 4 aromatic carbocycles. The summed E-state index contributed by atoms with van der Waals surface area (Å²) in [6, 6.07) is 26.0. The molecule has 0 aliphatic heterocycles. The number of halogens is 1. The van der Waals surface area contributed by atoms with Crippen molar-refractivity contribution >= 4 is 34.5 Å². The van der Waals surface area contributed by atoms with Gasteiger partial charge in [-0.25, -0.2) is 0 Å². The van der Waals surface area contributed by atoms with Crippen LogP contribution in [0.4, 0.5) is 0 Å². The lowest BCUT2D eigenvalue weighted by atomic mass is 10.0. The van der Waals surface area contributed by atoms with Gasteiger partial charge in [-0.1, -0.05) is 60.1 Å². The molecule has 0 saturated heterocycles. The maximum Gasteiger partial charge on any atom is 0.258 e. The van der Waals surface area contributed by atoms with Gasteiger partial charge in [0.1, 0.15) is 17.2 Å². The number of ether oxygens (including phenoxy) is 2. The van der Waals surface area contributed by atoms with Crippen molar-refractivity contribution in [3.05, 3.63) is 101 Å². The molecule has 0 fully saturated rings. The van der Waals surface area contributed by atoms with Crippen molar-refractivity contribution in [2.45, 2.75) is 6.54 Å². The van der Waals surface area contributed by atoms with Gasteiger partial charge in [0.05, 0.1) is 0 Å². The molecule has 5 nitrogen and oxygen atoms in total. The van der Waals surface area contributed by atoms with E-state index in [9.17, 15) is 4.79 Å². The van der Waals surface area contributed by atoms with Crippen LogP contribution in [0.5, 0.6) is 17.2 Å². The number of rotatable bonds is 8. The van der Waals surface area contributed by atoms with Crippen LogP contribution in [0.3, 0.4) is 0 Å². The second kappa shape index (κ2) is 9.98. The predicted octanol–water partition coefficient (Wildman–Crippen LogP) is 5.98. The number of amides is 1. The molecule has 0 radical (unpaired) electrons. The topological polar surface area (TPSA) is 71.4 Å². The first-order valence-corrected chi connectivity index (χ1v) is 10.5. The van der Waals surface area contributed by atoms with Gasteiger partial charge in [-0.3, -0.25) is 4.79 Å². The lowest BCUT2D eigenvalue weighted by Gasteiger charge is -2.14. The minimum absolute atomic E-state index is 0.146. The number of para-hydroxylation sites is 1. The summed E-state index contributed by atoms with van der Waals surface area (Å²) in [6.45, 7) is 0.0603. The zero-order chi connectivity index (χ0) is 22.3. The van der Waals surface area contributed by atoms with Gasteiger partial charge in [0.2, 0.25) is 0 Å². The van der Waals surface area contributed by atoms with E-state index in [2.05, 4.69) is 5.32 Å². The van der Waals surface area contributed by atoms with Crippen LogP contribution in [0.2, 0.25) is 5.02 Å². The van der Waals surface area contributed by atoms with Gasteiger partial charge in [0.25, 0.3) is 5.91 Å². The monoisotopic (exact) mass is 444 g/mol. The number of carbonyl (C=O) groups is 1. The van der Waals surface area contributed by atoms with E-state index in [4.69, 9.17) is 26.5 Å². The molecule has 0 spiro atoms. The van der Waals surface area contributed by atoms with Crippen LogP contribution in [0.15, 0.2) is 84.9 Å². The molecule has 1 amide bonds. The van der Waals surface area contributed by atoms with Gasteiger partial charge in [-0.15, -0.1) is 0 Å². The van der Waals surface area contributed by atoms with Crippen LogP contribution in [0.25, 0.3) is 10.8 Å². The highest BCUT2D eigenvalue weighted by Crippen LogP contribution is 2.30. The largest absolute Gasteiger partial charge is 0.483 e. The highest BCUT2D eigenvalue weighted by molar-refractivity contribution is 6.31. The van der Waals surface area contributed by atoms with E-state index < -0.39 is 0 Å². The summed E-state index contributed by atoms with van der Waals surface area (Å²) in [7, 11) is 0. The SMILES string of the molecule is N=Cc1ccc(OCC(=O)NCc2c(Cl)cccc2Oc2ccccc2)c2ccccc12. The lowest BCUT2D eigenvalue weighted by molar-refractivity contribution is -0.123. The molecule has 160 valence electrons. The Labute approximate surface area is 191 Å². The zero-order valence-corrected chi connectivity index (χ0v) is 17.9. The summed E-state index contributed by atoms with van der Waals surface area (Å²) < 4.78 is 11.7. The smallest absolute Gasteiger partial charge is 0.258 e. The van der Waals surface area contributed by atoms with Crippen molar-refractivity contribution in [1.82, 2.24) is 5.32 Å². The van der Waals surface area contributed by atoms with Crippen molar-refractivity contribution < 1.29 is 14.3 Å². The normalized spacial score (nSPS) is 10.5. The number of carbonyl (C=O) groups excluding carboxylic acids is 1. The zero-order valence-electron chi connectivity index (χ0n) is 17.2. The van der Waals surface area contributed by atoms with E-state index in [0.29, 0.717) is 27.8 Å². The van der Waals surface area contributed by atoms with E-state index >= 15 is 0 Å². The van der Waals surface area contributed by atoms with Gasteiger partial charge < -0.3 is 20.2 Å². The maximum absolute atomic E-state index is 12.5. The van der Waals surface area contributed by atoms with Crippen LogP contribution in [0.1, 0.15) is 11.1 Å². The average molecular weight is 445 g/mol.